The molecule has 1 heterocycles. The molecule has 0 aliphatic heterocycles. The second-order valence-electron chi connectivity index (χ2n) is 3.84. The Kier molecular flexibility index (Phi) is 4.30. The molecule has 3 N–H and O–H groups in total. The quantitative estimate of drug-likeness (QED) is 0.820. The molecule has 98 valence electrons. The molecule has 4 nitrogen and oxygen atoms in total. The zero-order chi connectivity index (χ0) is 13.7. The minimum atomic E-state index is 0.332. The molecule has 1 aromatic heterocycles. The van der Waals surface area contributed by atoms with E-state index in [-0.39, 0.29) is 0 Å². The van der Waals surface area contributed by atoms with Gasteiger partial charge in [-0.15, -0.1) is 0 Å². The van der Waals surface area contributed by atoms with Crippen LogP contribution < -0.4 is 15.8 Å². The lowest BCUT2D eigenvalue weighted by Gasteiger charge is -2.14. The molecule has 0 bridgehead atoms. The number of hydrogen-bond acceptors (Lipinski definition) is 4. The van der Waals surface area contributed by atoms with Crippen molar-refractivity contribution in [3.63, 3.8) is 0 Å². The van der Waals surface area contributed by atoms with Crippen molar-refractivity contribution in [2.75, 3.05) is 11.9 Å². The Balaban J connectivity index is 2.34. The van der Waals surface area contributed by atoms with Crippen molar-refractivity contribution >= 4 is 28.6 Å². The van der Waals surface area contributed by atoms with E-state index in [0.29, 0.717) is 11.6 Å². The van der Waals surface area contributed by atoms with E-state index in [2.05, 4.69) is 10.3 Å². The van der Waals surface area contributed by atoms with E-state index in [4.69, 9.17) is 22.7 Å². The van der Waals surface area contributed by atoms with Crippen LogP contribution in [0.1, 0.15) is 12.5 Å². The molecule has 2 aromatic rings. The van der Waals surface area contributed by atoms with E-state index in [9.17, 15) is 0 Å². The number of nitrogens with two attached hydrogens (primary N) is 1. The third-order valence-electron chi connectivity index (χ3n) is 2.54. The van der Waals surface area contributed by atoms with Crippen LogP contribution in [0.15, 0.2) is 42.7 Å². The van der Waals surface area contributed by atoms with Crippen LogP contribution in [-0.2, 0) is 0 Å². The summed E-state index contributed by atoms with van der Waals surface area (Å²) in [5, 5.41) is 3.25. The summed E-state index contributed by atoms with van der Waals surface area (Å²) in [7, 11) is 0. The number of aromatic nitrogens is 1. The number of benzene rings is 1. The Morgan fingerprint density at radius 3 is 2.84 bits per heavy atom. The molecule has 0 saturated carbocycles. The van der Waals surface area contributed by atoms with E-state index in [1.807, 2.05) is 31.2 Å². The van der Waals surface area contributed by atoms with Gasteiger partial charge in [0.25, 0.3) is 0 Å². The zero-order valence-corrected chi connectivity index (χ0v) is 11.4. The molecule has 1 aromatic carbocycles. The van der Waals surface area contributed by atoms with Crippen molar-refractivity contribution < 1.29 is 4.74 Å². The molecule has 0 atom stereocenters. The topological polar surface area (TPSA) is 60.2 Å². The van der Waals surface area contributed by atoms with Crippen molar-refractivity contribution in [2.45, 2.75) is 6.92 Å². The smallest absolute Gasteiger partial charge is 0.142 e. The average molecular weight is 273 g/mol. The van der Waals surface area contributed by atoms with Crippen LogP contribution in [0.4, 0.5) is 11.4 Å². The number of nitrogens with zero attached hydrogens (tertiary/aromatic N) is 1. The molecule has 0 saturated heterocycles. The van der Waals surface area contributed by atoms with Gasteiger partial charge in [0, 0.05) is 11.8 Å². The van der Waals surface area contributed by atoms with Crippen molar-refractivity contribution in [1.29, 1.82) is 0 Å². The summed E-state index contributed by atoms with van der Waals surface area (Å²) in [4.78, 5) is 4.41. The molecule has 0 amide bonds. The summed E-state index contributed by atoms with van der Waals surface area (Å²) >= 11 is 5.03. The first-order valence-corrected chi connectivity index (χ1v) is 6.36. The first-order chi connectivity index (χ1) is 9.22. The van der Waals surface area contributed by atoms with Crippen molar-refractivity contribution in [1.82, 2.24) is 4.98 Å². The van der Waals surface area contributed by atoms with Crippen molar-refractivity contribution in [3.05, 3.63) is 48.3 Å². The normalized spacial score (nSPS) is 9.95. The first-order valence-electron chi connectivity index (χ1n) is 5.95. The fraction of sp³-hybridized carbons (Fsp3) is 0.143. The summed E-state index contributed by atoms with van der Waals surface area (Å²) in [5.74, 6) is 0.780. The van der Waals surface area contributed by atoms with Gasteiger partial charge in [0.2, 0.25) is 0 Å². The number of anilines is 2. The van der Waals surface area contributed by atoms with Gasteiger partial charge in [-0.3, -0.25) is 4.98 Å². The second kappa shape index (κ2) is 6.15. The molecule has 0 aliphatic rings. The largest absolute Gasteiger partial charge is 0.492 e. The third kappa shape index (κ3) is 3.20. The summed E-state index contributed by atoms with van der Waals surface area (Å²) in [6.45, 7) is 2.55. The lowest BCUT2D eigenvalue weighted by atomic mass is 10.2. The van der Waals surface area contributed by atoms with E-state index >= 15 is 0 Å². The highest BCUT2D eigenvalue weighted by Crippen LogP contribution is 2.28. The standard InChI is InChI=1S/C14H15N3OS/c1-2-18-13-6-4-3-5-11(13)17-12-9-16-8-7-10(12)14(15)19/h3-9,17H,2H2,1H3,(H2,15,19). The van der Waals surface area contributed by atoms with Crippen LogP contribution >= 0.6 is 12.2 Å². The highest BCUT2D eigenvalue weighted by molar-refractivity contribution is 7.80. The first kappa shape index (κ1) is 13.3. The molecule has 0 fully saturated rings. The Labute approximate surface area is 117 Å². The highest BCUT2D eigenvalue weighted by Gasteiger charge is 2.08. The van der Waals surface area contributed by atoms with Gasteiger partial charge in [0.05, 0.1) is 24.2 Å². The number of ether oxygens (including phenoxy) is 1. The summed E-state index contributed by atoms with van der Waals surface area (Å²) < 4.78 is 5.56. The number of rotatable bonds is 5. The number of hydrogen-bond donors (Lipinski definition) is 2. The van der Waals surface area contributed by atoms with Crippen LogP contribution in [0.25, 0.3) is 0 Å². The van der Waals surface area contributed by atoms with Gasteiger partial charge in [0.15, 0.2) is 0 Å². The fourth-order valence-electron chi connectivity index (χ4n) is 1.71. The van der Waals surface area contributed by atoms with Gasteiger partial charge in [0.1, 0.15) is 10.7 Å². The van der Waals surface area contributed by atoms with E-state index in [0.717, 1.165) is 22.7 Å². The van der Waals surface area contributed by atoms with Crippen LogP contribution in [0, 0.1) is 0 Å². The molecular weight excluding hydrogens is 258 g/mol. The van der Waals surface area contributed by atoms with Crippen LogP contribution in [0.5, 0.6) is 5.75 Å². The van der Waals surface area contributed by atoms with Crippen molar-refractivity contribution in [3.8, 4) is 5.75 Å². The Morgan fingerprint density at radius 1 is 1.32 bits per heavy atom. The maximum Gasteiger partial charge on any atom is 0.142 e. The predicted molar refractivity (Wildman–Crippen MR) is 81.0 cm³/mol. The predicted octanol–water partition coefficient (Wildman–Crippen LogP) is 2.86. The average Bonchev–Trinajstić information content (AvgIpc) is 2.42. The maximum absolute atomic E-state index is 5.70. The van der Waals surface area contributed by atoms with Crippen molar-refractivity contribution in [2.24, 2.45) is 5.73 Å². The highest BCUT2D eigenvalue weighted by atomic mass is 32.1. The van der Waals surface area contributed by atoms with Gasteiger partial charge in [-0.1, -0.05) is 24.4 Å². The third-order valence-corrected chi connectivity index (χ3v) is 2.76. The maximum atomic E-state index is 5.70. The fourth-order valence-corrected chi connectivity index (χ4v) is 1.88. The lowest BCUT2D eigenvalue weighted by Crippen LogP contribution is -2.12. The number of thiocarbonyl (C=S) groups is 1. The zero-order valence-electron chi connectivity index (χ0n) is 10.6. The number of nitrogens with one attached hydrogen (secondary N) is 1. The minimum Gasteiger partial charge on any atom is -0.492 e. The molecule has 0 unspecified atom stereocenters. The summed E-state index contributed by atoms with van der Waals surface area (Å²) in [6, 6.07) is 9.48. The van der Waals surface area contributed by atoms with Gasteiger partial charge in [-0.25, -0.2) is 0 Å². The summed E-state index contributed by atoms with van der Waals surface area (Å²) in [5.41, 5.74) is 8.08. The Morgan fingerprint density at radius 2 is 2.11 bits per heavy atom. The molecule has 0 spiro atoms. The molecule has 0 radical (unpaired) electrons. The summed E-state index contributed by atoms with van der Waals surface area (Å²) in [6.07, 6.45) is 3.35. The number of para-hydroxylation sites is 2. The van der Waals surface area contributed by atoms with E-state index in [1.165, 1.54) is 0 Å². The van der Waals surface area contributed by atoms with E-state index < -0.39 is 0 Å². The van der Waals surface area contributed by atoms with Crippen LogP contribution in [0.3, 0.4) is 0 Å². The van der Waals surface area contributed by atoms with Crippen LogP contribution in [0.2, 0.25) is 0 Å². The molecule has 19 heavy (non-hydrogen) atoms. The van der Waals surface area contributed by atoms with Gasteiger partial charge in [-0.05, 0) is 25.1 Å². The van der Waals surface area contributed by atoms with Gasteiger partial charge in [-0.2, -0.15) is 0 Å². The Bertz CT molecular complexity index is 586. The Hall–Kier alpha value is -2.14. The molecule has 2 rings (SSSR count). The lowest BCUT2D eigenvalue weighted by molar-refractivity contribution is 0.342. The van der Waals surface area contributed by atoms with Gasteiger partial charge >= 0.3 is 0 Å². The second-order valence-corrected chi connectivity index (χ2v) is 4.28. The monoisotopic (exact) mass is 273 g/mol. The molecule has 5 heteroatoms. The SMILES string of the molecule is CCOc1ccccc1Nc1cnccc1C(N)=S. The number of pyridine rings is 1. The molecular formula is C14H15N3OS. The van der Waals surface area contributed by atoms with Crippen LogP contribution in [-0.4, -0.2) is 16.6 Å². The van der Waals surface area contributed by atoms with Gasteiger partial charge < -0.3 is 15.8 Å². The molecule has 0 aliphatic carbocycles. The minimum absolute atomic E-state index is 0.332. The van der Waals surface area contributed by atoms with E-state index in [1.54, 1.807) is 18.5 Å².